The minimum atomic E-state index is -0.710. The van der Waals surface area contributed by atoms with Gasteiger partial charge in [0.25, 0.3) is 0 Å². The lowest BCUT2D eigenvalue weighted by Gasteiger charge is -2.46. The van der Waals surface area contributed by atoms with E-state index in [1.165, 1.54) is 12.7 Å². The number of H-pyrrole nitrogens is 1. The van der Waals surface area contributed by atoms with Gasteiger partial charge in [0, 0.05) is 22.2 Å². The Balaban J connectivity index is 1.71. The molecule has 2 aliphatic rings. The van der Waals surface area contributed by atoms with Crippen molar-refractivity contribution in [3.63, 3.8) is 0 Å². The molecule has 0 fully saturated rings. The molecule has 0 saturated carbocycles. The molecule has 38 heavy (non-hydrogen) atoms. The second-order valence-electron chi connectivity index (χ2n) is 9.67. The predicted octanol–water partition coefficient (Wildman–Crippen LogP) is 6.40. The first kappa shape index (κ1) is 23.9. The summed E-state index contributed by atoms with van der Waals surface area (Å²) < 4.78 is 22.7. The van der Waals surface area contributed by atoms with Crippen LogP contribution in [-0.4, -0.2) is 38.4 Å². The topological polar surface area (TPSA) is 69.8 Å². The van der Waals surface area contributed by atoms with E-state index in [0.29, 0.717) is 5.56 Å². The number of fused-ring (bicyclic) bond motifs is 4. The van der Waals surface area contributed by atoms with Crippen LogP contribution in [0.5, 0.6) is 11.5 Å². The van der Waals surface area contributed by atoms with Gasteiger partial charge in [0.15, 0.2) is 0 Å². The highest BCUT2D eigenvalue weighted by molar-refractivity contribution is 5.99. The second-order valence-corrected chi connectivity index (χ2v) is 9.67. The molecule has 0 saturated heterocycles. The van der Waals surface area contributed by atoms with Crippen LogP contribution < -0.4 is 9.47 Å². The molecule has 0 radical (unpaired) electrons. The summed E-state index contributed by atoms with van der Waals surface area (Å²) in [4.78, 5) is 16.0. The summed E-state index contributed by atoms with van der Waals surface area (Å²) >= 11 is 0. The molecule has 6 heteroatoms. The van der Waals surface area contributed by atoms with Crippen molar-refractivity contribution in [2.45, 2.75) is 24.9 Å². The van der Waals surface area contributed by atoms with E-state index in [-0.39, 0.29) is 12.1 Å². The first-order chi connectivity index (χ1) is 18.5. The van der Waals surface area contributed by atoms with Crippen molar-refractivity contribution in [2.24, 2.45) is 0 Å². The molecule has 192 valence electrons. The van der Waals surface area contributed by atoms with Crippen molar-refractivity contribution in [1.82, 2.24) is 4.98 Å². The quantitative estimate of drug-likeness (QED) is 0.317. The Kier molecular flexibility index (Phi) is 5.75. The molecule has 1 aromatic heterocycles. The molecule has 0 amide bonds. The van der Waals surface area contributed by atoms with E-state index in [1.54, 1.807) is 14.2 Å². The zero-order chi connectivity index (χ0) is 26.4. The van der Waals surface area contributed by atoms with Crippen LogP contribution in [0.2, 0.25) is 0 Å². The average molecular weight is 508 g/mol. The van der Waals surface area contributed by atoms with Crippen LogP contribution in [0.15, 0.2) is 84.1 Å². The number of allylic oxidation sites excluding steroid dienone is 2. The first-order valence-corrected chi connectivity index (χ1v) is 12.6. The maximum Gasteiger partial charge on any atom is 0.337 e. The molecule has 4 aromatic rings. The number of ether oxygens (including phenoxy) is 4. The third-order valence-electron chi connectivity index (χ3n) is 7.73. The minimum Gasteiger partial charge on any atom is -0.497 e. The smallest absolute Gasteiger partial charge is 0.337 e. The fraction of sp³-hybridized carbons (Fsp3) is 0.219. The van der Waals surface area contributed by atoms with Gasteiger partial charge in [-0.3, -0.25) is 0 Å². The molecule has 2 heterocycles. The van der Waals surface area contributed by atoms with E-state index < -0.39 is 5.41 Å². The van der Waals surface area contributed by atoms with Crippen molar-refractivity contribution in [1.29, 1.82) is 0 Å². The lowest BCUT2D eigenvalue weighted by molar-refractivity contribution is 0.0601. The Bertz CT molecular complexity index is 1540. The Morgan fingerprint density at radius 1 is 0.921 bits per heavy atom. The van der Waals surface area contributed by atoms with Gasteiger partial charge in [0.05, 0.1) is 32.7 Å². The number of hydrogen-bond donors (Lipinski definition) is 1. The van der Waals surface area contributed by atoms with E-state index in [2.05, 4.69) is 41.4 Å². The van der Waals surface area contributed by atoms with Gasteiger partial charge in [0.1, 0.15) is 23.0 Å². The van der Waals surface area contributed by atoms with Crippen molar-refractivity contribution in [2.75, 3.05) is 21.3 Å². The zero-order valence-corrected chi connectivity index (χ0v) is 21.8. The van der Waals surface area contributed by atoms with Gasteiger partial charge in [-0.2, -0.15) is 0 Å². The summed E-state index contributed by atoms with van der Waals surface area (Å²) in [7, 11) is 4.73. The van der Waals surface area contributed by atoms with Gasteiger partial charge in [-0.15, -0.1) is 0 Å². The van der Waals surface area contributed by atoms with Gasteiger partial charge < -0.3 is 23.9 Å². The lowest BCUT2D eigenvalue weighted by atomic mass is 9.62. The van der Waals surface area contributed by atoms with E-state index in [9.17, 15) is 4.79 Å². The fourth-order valence-corrected chi connectivity index (χ4v) is 5.89. The standard InChI is InChI=1S/C32H29NO5/c1-19-5-6-20-17-27-26-16-7-21(31(34)37-4)18-28(26)33-29(27)32(30(20)38-19,22-8-12-24(35-2)13-9-22)23-10-14-25(36-3)15-11-23/h5,7-18,30,33H,6H2,1-4H3. The number of benzene rings is 3. The first-order valence-electron chi connectivity index (χ1n) is 12.6. The van der Waals surface area contributed by atoms with Gasteiger partial charge in [-0.05, 0) is 78.6 Å². The van der Waals surface area contributed by atoms with Gasteiger partial charge in [-0.1, -0.05) is 30.3 Å². The number of carbonyl (C=O) groups is 1. The number of carbonyl (C=O) groups excluding carboxylic acids is 1. The third kappa shape index (κ3) is 3.51. The molecular formula is C32H29NO5. The lowest BCUT2D eigenvalue weighted by Crippen LogP contribution is -2.47. The van der Waals surface area contributed by atoms with Crippen LogP contribution >= 0.6 is 0 Å². The molecule has 0 spiro atoms. The van der Waals surface area contributed by atoms with Crippen LogP contribution in [0, 0.1) is 0 Å². The summed E-state index contributed by atoms with van der Waals surface area (Å²) in [6.07, 6.45) is 4.88. The Morgan fingerprint density at radius 2 is 1.55 bits per heavy atom. The van der Waals surface area contributed by atoms with E-state index in [1.807, 2.05) is 49.4 Å². The third-order valence-corrected chi connectivity index (χ3v) is 7.73. The zero-order valence-electron chi connectivity index (χ0n) is 21.8. The fourth-order valence-electron chi connectivity index (χ4n) is 5.89. The molecule has 1 aliphatic heterocycles. The largest absolute Gasteiger partial charge is 0.497 e. The Labute approximate surface area is 221 Å². The van der Waals surface area contributed by atoms with E-state index in [0.717, 1.165) is 57.0 Å². The summed E-state index contributed by atoms with van der Waals surface area (Å²) in [5.74, 6) is 2.09. The second kappa shape index (κ2) is 9.14. The van der Waals surface area contributed by atoms with Crippen molar-refractivity contribution in [3.8, 4) is 11.5 Å². The molecular weight excluding hydrogens is 478 g/mol. The van der Waals surface area contributed by atoms with E-state index in [4.69, 9.17) is 18.9 Å². The van der Waals surface area contributed by atoms with Gasteiger partial charge in [0.2, 0.25) is 0 Å². The molecule has 6 rings (SSSR count). The molecule has 1 unspecified atom stereocenters. The summed E-state index contributed by atoms with van der Waals surface area (Å²) in [6.45, 7) is 2.01. The van der Waals surface area contributed by atoms with Crippen LogP contribution in [-0.2, 0) is 14.9 Å². The molecule has 1 N–H and O–H groups in total. The highest BCUT2D eigenvalue weighted by Gasteiger charge is 2.52. The van der Waals surface area contributed by atoms with Crippen LogP contribution in [0.4, 0.5) is 0 Å². The Morgan fingerprint density at radius 3 is 2.13 bits per heavy atom. The molecule has 0 bridgehead atoms. The number of hydrogen-bond acceptors (Lipinski definition) is 5. The normalized spacial score (nSPS) is 17.4. The van der Waals surface area contributed by atoms with Crippen LogP contribution in [0.3, 0.4) is 0 Å². The molecule has 6 nitrogen and oxygen atoms in total. The summed E-state index contributed by atoms with van der Waals surface area (Å²) in [5, 5.41) is 1.04. The summed E-state index contributed by atoms with van der Waals surface area (Å²) in [6, 6.07) is 22.1. The predicted molar refractivity (Wildman–Crippen MR) is 147 cm³/mol. The average Bonchev–Trinajstić information content (AvgIpc) is 3.33. The number of nitrogens with one attached hydrogen (secondary N) is 1. The molecule has 3 aromatic carbocycles. The highest BCUT2D eigenvalue weighted by Crippen LogP contribution is 2.53. The molecule has 1 aliphatic carbocycles. The Hall–Kier alpha value is -4.45. The number of aromatic nitrogens is 1. The maximum atomic E-state index is 12.3. The number of esters is 1. The van der Waals surface area contributed by atoms with Crippen LogP contribution in [0.25, 0.3) is 17.0 Å². The monoisotopic (exact) mass is 507 g/mol. The van der Waals surface area contributed by atoms with Crippen molar-refractivity contribution < 1.29 is 23.7 Å². The van der Waals surface area contributed by atoms with Gasteiger partial charge >= 0.3 is 5.97 Å². The van der Waals surface area contributed by atoms with Crippen molar-refractivity contribution >= 4 is 22.9 Å². The SMILES string of the molecule is COC(=O)c1ccc2c3c([nH]c2c1)C(c1ccc(OC)cc1)(c1ccc(OC)cc1)C1OC(C)=CCC1=C3. The van der Waals surface area contributed by atoms with Crippen molar-refractivity contribution in [3.05, 3.63) is 112 Å². The summed E-state index contributed by atoms with van der Waals surface area (Å²) in [5.41, 5.74) is 6.07. The minimum absolute atomic E-state index is 0.282. The maximum absolute atomic E-state index is 12.3. The van der Waals surface area contributed by atoms with Gasteiger partial charge in [-0.25, -0.2) is 4.79 Å². The number of methoxy groups -OCH3 is 3. The van der Waals surface area contributed by atoms with E-state index >= 15 is 0 Å². The molecule has 1 atom stereocenters. The number of rotatable bonds is 5. The van der Waals surface area contributed by atoms with Crippen LogP contribution in [0.1, 0.15) is 46.1 Å². The number of aromatic amines is 1. The highest BCUT2D eigenvalue weighted by atomic mass is 16.5.